The molecule has 0 saturated heterocycles. The molecule has 0 aliphatic rings. The molecule has 0 aromatic carbocycles. The van der Waals surface area contributed by atoms with Crippen LogP contribution in [0.1, 0.15) is 27.2 Å². The van der Waals surface area contributed by atoms with Crippen LogP contribution < -0.4 is 10.6 Å². The van der Waals surface area contributed by atoms with Gasteiger partial charge < -0.3 is 15.7 Å². The third-order valence-corrected chi connectivity index (χ3v) is 2.08. The summed E-state index contributed by atoms with van der Waals surface area (Å²) in [5.41, 5.74) is 0. The maximum Gasteiger partial charge on any atom is 0.147 e. The standard InChI is InChI=1S/C11H20N4O/c1-4-13-10-6-12-7-11(15-10)14-8(2)5-9(3)16/h6-9,16H,4-5H2,1-3H3,(H2,13,14,15). The van der Waals surface area contributed by atoms with Crippen molar-refractivity contribution in [2.24, 2.45) is 0 Å². The van der Waals surface area contributed by atoms with Crippen molar-refractivity contribution in [1.29, 1.82) is 0 Å². The number of aromatic nitrogens is 2. The van der Waals surface area contributed by atoms with Gasteiger partial charge in [-0.05, 0) is 27.2 Å². The topological polar surface area (TPSA) is 70.1 Å². The molecule has 0 spiro atoms. The molecule has 16 heavy (non-hydrogen) atoms. The van der Waals surface area contributed by atoms with Crippen LogP contribution in [0.3, 0.4) is 0 Å². The summed E-state index contributed by atoms with van der Waals surface area (Å²) >= 11 is 0. The highest BCUT2D eigenvalue weighted by Gasteiger charge is 2.07. The first-order valence-electron chi connectivity index (χ1n) is 5.62. The van der Waals surface area contributed by atoms with E-state index in [1.165, 1.54) is 0 Å². The second-order valence-corrected chi connectivity index (χ2v) is 3.95. The fourth-order valence-electron chi connectivity index (χ4n) is 1.52. The van der Waals surface area contributed by atoms with Gasteiger partial charge in [-0.2, -0.15) is 0 Å². The molecule has 0 radical (unpaired) electrons. The zero-order valence-corrected chi connectivity index (χ0v) is 10.1. The largest absolute Gasteiger partial charge is 0.393 e. The molecule has 1 aromatic heterocycles. The zero-order valence-electron chi connectivity index (χ0n) is 10.1. The molecular formula is C11H20N4O. The maximum atomic E-state index is 9.25. The number of hydrogen-bond donors (Lipinski definition) is 3. The molecule has 2 unspecified atom stereocenters. The summed E-state index contributed by atoms with van der Waals surface area (Å²) < 4.78 is 0. The smallest absolute Gasteiger partial charge is 0.147 e. The monoisotopic (exact) mass is 224 g/mol. The Bertz CT molecular complexity index is 317. The van der Waals surface area contributed by atoms with E-state index in [1.54, 1.807) is 19.3 Å². The van der Waals surface area contributed by atoms with E-state index in [-0.39, 0.29) is 12.1 Å². The van der Waals surface area contributed by atoms with Gasteiger partial charge in [-0.25, -0.2) is 4.98 Å². The van der Waals surface area contributed by atoms with Crippen molar-refractivity contribution in [3.63, 3.8) is 0 Å². The van der Waals surface area contributed by atoms with Crippen LogP contribution in [0.25, 0.3) is 0 Å². The van der Waals surface area contributed by atoms with Gasteiger partial charge in [0.05, 0.1) is 18.5 Å². The Labute approximate surface area is 96.3 Å². The normalized spacial score (nSPS) is 14.2. The van der Waals surface area contributed by atoms with E-state index in [1.807, 2.05) is 13.8 Å². The average Bonchev–Trinajstić information content (AvgIpc) is 2.17. The Kier molecular flexibility index (Phi) is 4.98. The predicted octanol–water partition coefficient (Wildman–Crippen LogP) is 1.48. The van der Waals surface area contributed by atoms with Crippen molar-refractivity contribution in [1.82, 2.24) is 9.97 Å². The lowest BCUT2D eigenvalue weighted by Gasteiger charge is -2.16. The van der Waals surface area contributed by atoms with E-state index in [2.05, 4.69) is 20.6 Å². The highest BCUT2D eigenvalue weighted by Crippen LogP contribution is 2.09. The molecule has 0 amide bonds. The van der Waals surface area contributed by atoms with Gasteiger partial charge in [-0.3, -0.25) is 4.98 Å². The second kappa shape index (κ2) is 6.27. The highest BCUT2D eigenvalue weighted by atomic mass is 16.3. The number of nitrogens with one attached hydrogen (secondary N) is 2. The van der Waals surface area contributed by atoms with Crippen LogP contribution in [0.15, 0.2) is 12.4 Å². The van der Waals surface area contributed by atoms with Gasteiger partial charge in [0.15, 0.2) is 0 Å². The molecule has 5 nitrogen and oxygen atoms in total. The van der Waals surface area contributed by atoms with Crippen molar-refractivity contribution < 1.29 is 5.11 Å². The van der Waals surface area contributed by atoms with E-state index in [4.69, 9.17) is 0 Å². The first kappa shape index (κ1) is 12.7. The molecule has 0 fully saturated rings. The molecule has 90 valence electrons. The Morgan fingerprint density at radius 2 is 2.00 bits per heavy atom. The van der Waals surface area contributed by atoms with Crippen molar-refractivity contribution >= 4 is 11.6 Å². The van der Waals surface area contributed by atoms with E-state index in [0.717, 1.165) is 18.2 Å². The fourth-order valence-corrected chi connectivity index (χ4v) is 1.52. The van der Waals surface area contributed by atoms with Crippen LogP contribution in [0.4, 0.5) is 11.6 Å². The van der Waals surface area contributed by atoms with Gasteiger partial charge in [-0.15, -0.1) is 0 Å². The predicted molar refractivity (Wildman–Crippen MR) is 65.6 cm³/mol. The molecule has 2 atom stereocenters. The molecule has 5 heteroatoms. The lowest BCUT2D eigenvalue weighted by Crippen LogP contribution is -2.21. The highest BCUT2D eigenvalue weighted by molar-refractivity contribution is 5.41. The number of aliphatic hydroxyl groups is 1. The molecular weight excluding hydrogens is 204 g/mol. The summed E-state index contributed by atoms with van der Waals surface area (Å²) in [6.45, 7) is 6.62. The van der Waals surface area contributed by atoms with Crippen LogP contribution in [-0.2, 0) is 0 Å². The number of aliphatic hydroxyl groups excluding tert-OH is 1. The van der Waals surface area contributed by atoms with Crippen LogP contribution in [0, 0.1) is 0 Å². The molecule has 0 saturated carbocycles. The lowest BCUT2D eigenvalue weighted by atomic mass is 10.1. The average molecular weight is 224 g/mol. The first-order valence-corrected chi connectivity index (χ1v) is 5.62. The third-order valence-electron chi connectivity index (χ3n) is 2.08. The first-order chi connectivity index (χ1) is 7.61. The lowest BCUT2D eigenvalue weighted by molar-refractivity contribution is 0.179. The van der Waals surface area contributed by atoms with Crippen LogP contribution in [-0.4, -0.2) is 33.8 Å². The van der Waals surface area contributed by atoms with Crippen molar-refractivity contribution in [2.45, 2.75) is 39.3 Å². The minimum Gasteiger partial charge on any atom is -0.393 e. The molecule has 3 N–H and O–H groups in total. The SMILES string of the molecule is CCNc1cncc(NC(C)CC(C)O)n1. The summed E-state index contributed by atoms with van der Waals surface area (Å²) in [4.78, 5) is 8.43. The van der Waals surface area contributed by atoms with E-state index >= 15 is 0 Å². The molecule has 0 aliphatic carbocycles. The van der Waals surface area contributed by atoms with Crippen molar-refractivity contribution in [3.8, 4) is 0 Å². The number of hydrogen-bond acceptors (Lipinski definition) is 5. The summed E-state index contributed by atoms with van der Waals surface area (Å²) in [5, 5.41) is 15.5. The van der Waals surface area contributed by atoms with Gasteiger partial charge in [0.25, 0.3) is 0 Å². The summed E-state index contributed by atoms with van der Waals surface area (Å²) in [6.07, 6.45) is 3.74. The fraction of sp³-hybridized carbons (Fsp3) is 0.636. The van der Waals surface area contributed by atoms with E-state index in [0.29, 0.717) is 6.42 Å². The van der Waals surface area contributed by atoms with Gasteiger partial charge >= 0.3 is 0 Å². The summed E-state index contributed by atoms with van der Waals surface area (Å²) in [7, 11) is 0. The number of anilines is 2. The molecule has 1 aromatic rings. The van der Waals surface area contributed by atoms with Gasteiger partial charge in [0, 0.05) is 12.6 Å². The Morgan fingerprint density at radius 1 is 1.31 bits per heavy atom. The van der Waals surface area contributed by atoms with Crippen molar-refractivity contribution in [3.05, 3.63) is 12.4 Å². The minimum atomic E-state index is -0.313. The number of rotatable bonds is 6. The van der Waals surface area contributed by atoms with E-state index < -0.39 is 0 Å². The Morgan fingerprint density at radius 3 is 2.62 bits per heavy atom. The second-order valence-electron chi connectivity index (χ2n) is 3.95. The van der Waals surface area contributed by atoms with E-state index in [9.17, 15) is 5.11 Å². The summed E-state index contributed by atoms with van der Waals surface area (Å²) in [6, 6.07) is 0.172. The van der Waals surface area contributed by atoms with Gasteiger partial charge in [-0.1, -0.05) is 0 Å². The summed E-state index contributed by atoms with van der Waals surface area (Å²) in [5.74, 6) is 1.49. The van der Waals surface area contributed by atoms with Gasteiger partial charge in [0.1, 0.15) is 11.6 Å². The Hall–Kier alpha value is -1.36. The Balaban J connectivity index is 2.55. The maximum absolute atomic E-state index is 9.25. The minimum absolute atomic E-state index is 0.172. The van der Waals surface area contributed by atoms with Crippen molar-refractivity contribution in [2.75, 3.05) is 17.2 Å². The van der Waals surface area contributed by atoms with Crippen LogP contribution in [0.2, 0.25) is 0 Å². The molecule has 1 heterocycles. The molecule has 0 bridgehead atoms. The zero-order chi connectivity index (χ0) is 12.0. The number of nitrogens with zero attached hydrogens (tertiary/aromatic N) is 2. The molecule has 0 aliphatic heterocycles. The third kappa shape index (κ3) is 4.44. The van der Waals surface area contributed by atoms with Crippen LogP contribution in [0.5, 0.6) is 0 Å². The quantitative estimate of drug-likeness (QED) is 0.682. The molecule has 1 rings (SSSR count). The van der Waals surface area contributed by atoms with Crippen LogP contribution >= 0.6 is 0 Å². The van der Waals surface area contributed by atoms with Gasteiger partial charge in [0.2, 0.25) is 0 Å².